The summed E-state index contributed by atoms with van der Waals surface area (Å²) in [6.07, 6.45) is 0. The molecule has 1 aromatic rings. The first-order chi connectivity index (χ1) is 10.2. The molecular formula is C15H21FN2O3. The molecule has 1 N–H and O–H groups in total. The molecule has 0 aliphatic carbocycles. The van der Waals surface area contributed by atoms with Gasteiger partial charge in [0.2, 0.25) is 0 Å². The molecule has 6 heteroatoms. The summed E-state index contributed by atoms with van der Waals surface area (Å²) in [5.74, 6) is -0.716. The van der Waals surface area contributed by atoms with Crippen molar-refractivity contribution >= 4 is 5.91 Å². The van der Waals surface area contributed by atoms with Crippen LogP contribution in [0.2, 0.25) is 0 Å². The van der Waals surface area contributed by atoms with Crippen LogP contribution in [-0.2, 0) is 4.74 Å². The Balaban J connectivity index is 1.78. The number of aliphatic hydroxyl groups excluding tert-OH is 1. The number of benzene rings is 1. The maximum atomic E-state index is 13.6. The number of halogens is 1. The molecule has 116 valence electrons. The molecule has 1 aromatic carbocycles. The van der Waals surface area contributed by atoms with Gasteiger partial charge < -0.3 is 14.7 Å². The number of hydrogen-bond donors (Lipinski definition) is 1. The van der Waals surface area contributed by atoms with Crippen LogP contribution in [0.15, 0.2) is 24.3 Å². The quantitative estimate of drug-likeness (QED) is 0.781. The highest BCUT2D eigenvalue weighted by Gasteiger charge is 2.23. The van der Waals surface area contributed by atoms with E-state index in [-0.39, 0.29) is 18.1 Å². The second-order valence-corrected chi connectivity index (χ2v) is 4.95. The molecule has 0 spiro atoms. The average molecular weight is 296 g/mol. The topological polar surface area (TPSA) is 53.0 Å². The van der Waals surface area contributed by atoms with Crippen molar-refractivity contribution in [3.63, 3.8) is 0 Å². The molecule has 0 atom stereocenters. The van der Waals surface area contributed by atoms with Crippen LogP contribution >= 0.6 is 0 Å². The Morgan fingerprint density at radius 2 is 1.90 bits per heavy atom. The maximum Gasteiger partial charge on any atom is 0.256 e. The standard InChI is InChI=1S/C15H21FN2O3/c16-14-4-2-1-3-13(14)15(20)18-7-5-17(6-8-18)9-11-21-12-10-19/h1-4,19H,5-12H2. The van der Waals surface area contributed by atoms with Crippen molar-refractivity contribution < 1.29 is 19.0 Å². The van der Waals surface area contributed by atoms with Crippen molar-refractivity contribution in [2.24, 2.45) is 0 Å². The minimum Gasteiger partial charge on any atom is -0.394 e. The van der Waals surface area contributed by atoms with Crippen molar-refractivity contribution in [2.45, 2.75) is 0 Å². The van der Waals surface area contributed by atoms with E-state index in [1.54, 1.807) is 17.0 Å². The summed E-state index contributed by atoms with van der Waals surface area (Å²) >= 11 is 0. The number of hydrogen-bond acceptors (Lipinski definition) is 4. The van der Waals surface area contributed by atoms with Crippen LogP contribution in [0.5, 0.6) is 0 Å². The lowest BCUT2D eigenvalue weighted by molar-refractivity contribution is 0.0484. The van der Waals surface area contributed by atoms with Crippen LogP contribution in [0.1, 0.15) is 10.4 Å². The van der Waals surface area contributed by atoms with E-state index in [1.165, 1.54) is 12.1 Å². The largest absolute Gasteiger partial charge is 0.394 e. The number of carbonyl (C=O) groups excluding carboxylic acids is 1. The molecule has 1 saturated heterocycles. The molecule has 0 saturated carbocycles. The van der Waals surface area contributed by atoms with Crippen LogP contribution in [0.4, 0.5) is 4.39 Å². The van der Waals surface area contributed by atoms with E-state index in [1.807, 2.05) is 0 Å². The Morgan fingerprint density at radius 3 is 2.57 bits per heavy atom. The fourth-order valence-corrected chi connectivity index (χ4v) is 2.34. The predicted molar refractivity (Wildman–Crippen MR) is 76.6 cm³/mol. The molecule has 0 unspecified atom stereocenters. The van der Waals surface area contributed by atoms with Gasteiger partial charge in [0.15, 0.2) is 0 Å². The summed E-state index contributed by atoms with van der Waals surface area (Å²) in [5, 5.41) is 8.62. The van der Waals surface area contributed by atoms with Gasteiger partial charge in [-0.2, -0.15) is 0 Å². The first-order valence-corrected chi connectivity index (χ1v) is 7.17. The van der Waals surface area contributed by atoms with Crippen molar-refractivity contribution in [2.75, 3.05) is 52.5 Å². The van der Waals surface area contributed by atoms with Crippen molar-refractivity contribution in [1.29, 1.82) is 0 Å². The van der Waals surface area contributed by atoms with Gasteiger partial charge in [-0.25, -0.2) is 4.39 Å². The number of amides is 1. The molecule has 21 heavy (non-hydrogen) atoms. The summed E-state index contributed by atoms with van der Waals surface area (Å²) in [6, 6.07) is 6.08. The zero-order valence-electron chi connectivity index (χ0n) is 12.0. The van der Waals surface area contributed by atoms with Gasteiger partial charge in [0, 0.05) is 32.7 Å². The SMILES string of the molecule is O=C(c1ccccc1F)N1CCN(CCOCCO)CC1. The van der Waals surface area contributed by atoms with Crippen molar-refractivity contribution in [1.82, 2.24) is 9.80 Å². The molecular weight excluding hydrogens is 275 g/mol. The Bertz CT molecular complexity index is 462. The summed E-state index contributed by atoms with van der Waals surface area (Å²) in [5.41, 5.74) is 0.136. The normalized spacial score (nSPS) is 16.2. The molecule has 1 heterocycles. The Labute approximate surface area is 123 Å². The molecule has 1 fully saturated rings. The Morgan fingerprint density at radius 1 is 1.19 bits per heavy atom. The number of nitrogens with zero attached hydrogens (tertiary/aromatic N) is 2. The van der Waals surface area contributed by atoms with Gasteiger partial charge in [0.25, 0.3) is 5.91 Å². The summed E-state index contributed by atoms with van der Waals surface area (Å²) in [4.78, 5) is 16.1. The van der Waals surface area contributed by atoms with Gasteiger partial charge in [-0.05, 0) is 12.1 Å². The van der Waals surface area contributed by atoms with Crippen LogP contribution in [-0.4, -0.2) is 73.4 Å². The molecule has 1 aliphatic heterocycles. The minimum atomic E-state index is -0.470. The molecule has 0 aromatic heterocycles. The van der Waals surface area contributed by atoms with Crippen LogP contribution in [0.25, 0.3) is 0 Å². The lowest BCUT2D eigenvalue weighted by atomic mass is 10.1. The number of ether oxygens (including phenoxy) is 1. The smallest absolute Gasteiger partial charge is 0.256 e. The fourth-order valence-electron chi connectivity index (χ4n) is 2.34. The van der Waals surface area contributed by atoms with Crippen LogP contribution < -0.4 is 0 Å². The highest BCUT2D eigenvalue weighted by molar-refractivity contribution is 5.94. The van der Waals surface area contributed by atoms with Crippen molar-refractivity contribution in [3.05, 3.63) is 35.6 Å². The third kappa shape index (κ3) is 4.49. The zero-order chi connectivity index (χ0) is 15.1. The lowest BCUT2D eigenvalue weighted by Crippen LogP contribution is -2.49. The number of piperazine rings is 1. The van der Waals surface area contributed by atoms with Crippen LogP contribution in [0, 0.1) is 5.82 Å². The maximum absolute atomic E-state index is 13.6. The number of rotatable bonds is 6. The van der Waals surface area contributed by atoms with Gasteiger partial charge >= 0.3 is 0 Å². The fraction of sp³-hybridized carbons (Fsp3) is 0.533. The molecule has 1 aliphatic rings. The summed E-state index contributed by atoms with van der Waals surface area (Å²) in [7, 11) is 0. The highest BCUT2D eigenvalue weighted by Crippen LogP contribution is 2.12. The van der Waals surface area contributed by atoms with Crippen LogP contribution in [0.3, 0.4) is 0 Å². The minimum absolute atomic E-state index is 0.0327. The lowest BCUT2D eigenvalue weighted by Gasteiger charge is -2.34. The number of carbonyl (C=O) groups is 1. The highest BCUT2D eigenvalue weighted by atomic mass is 19.1. The summed E-state index contributed by atoms with van der Waals surface area (Å²) in [6.45, 7) is 4.42. The third-order valence-electron chi connectivity index (χ3n) is 3.55. The van der Waals surface area contributed by atoms with Gasteiger partial charge in [-0.3, -0.25) is 9.69 Å². The van der Waals surface area contributed by atoms with Gasteiger partial charge in [-0.1, -0.05) is 12.1 Å². The summed E-state index contributed by atoms with van der Waals surface area (Å²) < 4.78 is 18.8. The monoisotopic (exact) mass is 296 g/mol. The molecule has 0 radical (unpaired) electrons. The molecule has 0 bridgehead atoms. The van der Waals surface area contributed by atoms with E-state index in [0.717, 1.165) is 19.6 Å². The second kappa shape index (κ2) is 8.07. The molecule has 2 rings (SSSR count). The second-order valence-electron chi connectivity index (χ2n) is 4.95. The van der Waals surface area contributed by atoms with E-state index >= 15 is 0 Å². The third-order valence-corrected chi connectivity index (χ3v) is 3.55. The Kier molecular flexibility index (Phi) is 6.10. The zero-order valence-corrected chi connectivity index (χ0v) is 12.0. The van der Waals surface area contributed by atoms with E-state index in [2.05, 4.69) is 4.90 Å². The molecule has 5 nitrogen and oxygen atoms in total. The van der Waals surface area contributed by atoms with E-state index in [9.17, 15) is 9.18 Å². The van der Waals surface area contributed by atoms with Crippen molar-refractivity contribution in [3.8, 4) is 0 Å². The van der Waals surface area contributed by atoms with Gasteiger partial charge in [-0.15, -0.1) is 0 Å². The Hall–Kier alpha value is -1.50. The van der Waals surface area contributed by atoms with E-state index in [4.69, 9.17) is 9.84 Å². The molecule has 1 amide bonds. The van der Waals surface area contributed by atoms with E-state index in [0.29, 0.717) is 26.3 Å². The first kappa shape index (κ1) is 15.9. The van der Waals surface area contributed by atoms with Gasteiger partial charge in [0.1, 0.15) is 5.82 Å². The first-order valence-electron chi connectivity index (χ1n) is 7.17. The van der Waals surface area contributed by atoms with E-state index < -0.39 is 5.82 Å². The average Bonchev–Trinajstić information content (AvgIpc) is 2.52. The predicted octanol–water partition coefficient (Wildman–Crippen LogP) is 0.592. The number of aliphatic hydroxyl groups is 1. The van der Waals surface area contributed by atoms with Gasteiger partial charge in [0.05, 0.1) is 25.4 Å².